The third-order valence-electron chi connectivity index (χ3n) is 1.85. The number of halogens is 4. The van der Waals surface area contributed by atoms with Crippen molar-refractivity contribution >= 4 is 22.9 Å². The van der Waals surface area contributed by atoms with Crippen molar-refractivity contribution in [1.82, 2.24) is 10.6 Å². The molecule has 0 atom stereocenters. The average Bonchev–Trinajstić information content (AvgIpc) is 2.30. The van der Waals surface area contributed by atoms with Crippen LogP contribution in [0, 0.1) is 0 Å². The van der Waals surface area contributed by atoms with E-state index in [1.807, 2.05) is 0 Å². The van der Waals surface area contributed by atoms with Crippen molar-refractivity contribution in [2.75, 3.05) is 19.6 Å². The monoisotopic (exact) mass is 289 g/mol. The van der Waals surface area contributed by atoms with Gasteiger partial charge in [-0.2, -0.15) is 13.2 Å². The highest BCUT2D eigenvalue weighted by molar-refractivity contribution is 8.93. The van der Waals surface area contributed by atoms with E-state index in [-0.39, 0.29) is 23.5 Å². The molecule has 1 heterocycles. The standard InChI is InChI=1S/C8H14F3N3.BrH/c9-8(10,11)3-6-14-7-12-4-1-2-5-13-7;/h1-6H2,(H2,12,13,14);1H. The summed E-state index contributed by atoms with van der Waals surface area (Å²) >= 11 is 0. The highest BCUT2D eigenvalue weighted by Gasteiger charge is 2.26. The summed E-state index contributed by atoms with van der Waals surface area (Å²) < 4.78 is 35.4. The average molecular weight is 290 g/mol. The fraction of sp³-hybridized carbons (Fsp3) is 0.875. The Kier molecular flexibility index (Phi) is 6.71. The fourth-order valence-electron chi connectivity index (χ4n) is 1.13. The van der Waals surface area contributed by atoms with E-state index >= 15 is 0 Å². The van der Waals surface area contributed by atoms with E-state index in [2.05, 4.69) is 15.6 Å². The first-order valence-electron chi connectivity index (χ1n) is 4.67. The third kappa shape index (κ3) is 7.47. The molecular weight excluding hydrogens is 275 g/mol. The highest BCUT2D eigenvalue weighted by atomic mass is 79.9. The molecule has 1 aliphatic rings. The summed E-state index contributed by atoms with van der Waals surface area (Å²) in [5.74, 6) is 0.492. The van der Waals surface area contributed by atoms with Gasteiger partial charge in [-0.1, -0.05) is 0 Å². The van der Waals surface area contributed by atoms with Crippen LogP contribution in [0.3, 0.4) is 0 Å². The number of aliphatic imine (C=N–C) groups is 1. The molecule has 0 aromatic carbocycles. The SMILES string of the molecule is Br.FC(F)(F)CCNC1=NCCCCN1. The van der Waals surface area contributed by atoms with E-state index in [0.29, 0.717) is 12.5 Å². The molecule has 0 aliphatic carbocycles. The minimum atomic E-state index is -4.10. The molecule has 90 valence electrons. The molecule has 0 saturated carbocycles. The van der Waals surface area contributed by atoms with Crippen LogP contribution in [0.1, 0.15) is 19.3 Å². The number of nitrogens with zero attached hydrogens (tertiary/aromatic N) is 1. The summed E-state index contributed by atoms with van der Waals surface area (Å²) in [6.07, 6.45) is -2.93. The van der Waals surface area contributed by atoms with Crippen LogP contribution < -0.4 is 10.6 Å². The topological polar surface area (TPSA) is 36.4 Å². The van der Waals surface area contributed by atoms with Crippen LogP contribution >= 0.6 is 17.0 Å². The first-order valence-corrected chi connectivity index (χ1v) is 4.67. The Morgan fingerprint density at radius 2 is 2.07 bits per heavy atom. The molecule has 0 unspecified atom stereocenters. The predicted octanol–water partition coefficient (Wildman–Crippen LogP) is 1.85. The van der Waals surface area contributed by atoms with Gasteiger partial charge in [0.05, 0.1) is 6.42 Å². The molecule has 7 heteroatoms. The molecule has 0 saturated heterocycles. The maximum absolute atomic E-state index is 11.8. The first kappa shape index (κ1) is 14.5. The lowest BCUT2D eigenvalue weighted by Gasteiger charge is -2.11. The molecule has 3 nitrogen and oxygen atoms in total. The third-order valence-corrected chi connectivity index (χ3v) is 1.85. The zero-order valence-corrected chi connectivity index (χ0v) is 9.95. The van der Waals surface area contributed by atoms with Gasteiger partial charge in [-0.3, -0.25) is 4.99 Å². The van der Waals surface area contributed by atoms with E-state index in [4.69, 9.17) is 0 Å². The summed E-state index contributed by atoms with van der Waals surface area (Å²) in [4.78, 5) is 4.07. The normalized spacial score (nSPS) is 16.9. The van der Waals surface area contributed by atoms with E-state index in [1.54, 1.807) is 0 Å². The van der Waals surface area contributed by atoms with Crippen LogP contribution in [0.2, 0.25) is 0 Å². The lowest BCUT2D eigenvalue weighted by Crippen LogP contribution is -2.38. The van der Waals surface area contributed by atoms with Crippen molar-refractivity contribution in [1.29, 1.82) is 0 Å². The van der Waals surface area contributed by atoms with Crippen LogP contribution in [0.4, 0.5) is 13.2 Å². The summed E-state index contributed by atoms with van der Waals surface area (Å²) in [5, 5.41) is 5.58. The maximum atomic E-state index is 11.8. The zero-order valence-electron chi connectivity index (χ0n) is 8.23. The summed E-state index contributed by atoms with van der Waals surface area (Å²) in [6, 6.07) is 0. The molecule has 15 heavy (non-hydrogen) atoms. The van der Waals surface area contributed by atoms with E-state index in [9.17, 15) is 13.2 Å². The molecule has 2 N–H and O–H groups in total. The van der Waals surface area contributed by atoms with E-state index in [1.165, 1.54) is 0 Å². The number of hydrogen-bond acceptors (Lipinski definition) is 3. The van der Waals surface area contributed by atoms with E-state index in [0.717, 1.165) is 19.4 Å². The second-order valence-corrected chi connectivity index (χ2v) is 3.16. The number of nitrogens with one attached hydrogen (secondary N) is 2. The van der Waals surface area contributed by atoms with Gasteiger partial charge in [0.15, 0.2) is 5.96 Å². The molecule has 0 radical (unpaired) electrons. The maximum Gasteiger partial charge on any atom is 0.390 e. The lowest BCUT2D eigenvalue weighted by atomic mass is 10.3. The summed E-state index contributed by atoms with van der Waals surface area (Å²) in [7, 11) is 0. The Balaban J connectivity index is 0.00000196. The Hall–Kier alpha value is -0.460. The summed E-state index contributed by atoms with van der Waals surface area (Å²) in [6.45, 7) is 1.34. The number of rotatable bonds is 2. The quantitative estimate of drug-likeness (QED) is 0.814. The Morgan fingerprint density at radius 1 is 1.33 bits per heavy atom. The summed E-state index contributed by atoms with van der Waals surface area (Å²) in [5.41, 5.74) is 0. The van der Waals surface area contributed by atoms with Crippen molar-refractivity contribution in [3.8, 4) is 0 Å². The van der Waals surface area contributed by atoms with Crippen molar-refractivity contribution in [2.45, 2.75) is 25.4 Å². The largest absolute Gasteiger partial charge is 0.390 e. The number of guanidine groups is 1. The molecule has 1 aliphatic heterocycles. The van der Waals surface area contributed by atoms with Gasteiger partial charge >= 0.3 is 6.18 Å². The van der Waals surface area contributed by atoms with Crippen LogP contribution in [-0.4, -0.2) is 31.8 Å². The van der Waals surface area contributed by atoms with Gasteiger partial charge in [-0.25, -0.2) is 0 Å². The second-order valence-electron chi connectivity index (χ2n) is 3.16. The van der Waals surface area contributed by atoms with Gasteiger partial charge in [0.25, 0.3) is 0 Å². The Morgan fingerprint density at radius 3 is 2.73 bits per heavy atom. The number of alkyl halides is 3. The van der Waals surface area contributed by atoms with Crippen LogP contribution in [-0.2, 0) is 0 Å². The van der Waals surface area contributed by atoms with Crippen molar-refractivity contribution in [3.05, 3.63) is 0 Å². The minimum Gasteiger partial charge on any atom is -0.356 e. The Labute approximate surface area is 97.3 Å². The minimum absolute atomic E-state index is 0. The Bertz CT molecular complexity index is 206. The van der Waals surface area contributed by atoms with Gasteiger partial charge in [-0.05, 0) is 12.8 Å². The van der Waals surface area contributed by atoms with Gasteiger partial charge < -0.3 is 10.6 Å². The van der Waals surface area contributed by atoms with Crippen molar-refractivity contribution in [2.24, 2.45) is 4.99 Å². The molecule has 0 fully saturated rings. The van der Waals surface area contributed by atoms with Crippen molar-refractivity contribution in [3.63, 3.8) is 0 Å². The molecule has 0 spiro atoms. The molecule has 0 bridgehead atoms. The predicted molar refractivity (Wildman–Crippen MR) is 58.5 cm³/mol. The van der Waals surface area contributed by atoms with Gasteiger partial charge in [0.2, 0.25) is 0 Å². The lowest BCUT2D eigenvalue weighted by molar-refractivity contribution is -0.132. The molecule has 0 aromatic heterocycles. The van der Waals surface area contributed by atoms with Gasteiger partial charge in [0.1, 0.15) is 0 Å². The molecular formula is C8H15BrF3N3. The van der Waals surface area contributed by atoms with Crippen molar-refractivity contribution < 1.29 is 13.2 Å². The van der Waals surface area contributed by atoms with Gasteiger partial charge in [0, 0.05) is 19.6 Å². The zero-order chi connectivity index (χ0) is 10.4. The number of hydrogen-bond donors (Lipinski definition) is 2. The molecule has 0 amide bonds. The smallest absolute Gasteiger partial charge is 0.356 e. The van der Waals surface area contributed by atoms with Crippen LogP contribution in [0.5, 0.6) is 0 Å². The van der Waals surface area contributed by atoms with Crippen LogP contribution in [0.25, 0.3) is 0 Å². The highest BCUT2D eigenvalue weighted by Crippen LogP contribution is 2.17. The van der Waals surface area contributed by atoms with Gasteiger partial charge in [-0.15, -0.1) is 17.0 Å². The fourth-order valence-corrected chi connectivity index (χ4v) is 1.13. The van der Waals surface area contributed by atoms with E-state index < -0.39 is 12.6 Å². The first-order chi connectivity index (χ1) is 6.58. The molecule has 1 rings (SSSR count). The second kappa shape index (κ2) is 6.92. The van der Waals surface area contributed by atoms with Crippen LogP contribution in [0.15, 0.2) is 4.99 Å². The molecule has 0 aromatic rings.